The maximum Gasteiger partial charge on any atom is 0.224 e. The number of hydrogen-bond acceptors (Lipinski definition) is 3. The molecule has 0 unspecified atom stereocenters. The lowest BCUT2D eigenvalue weighted by Gasteiger charge is -2.11. The number of aromatic nitrogens is 4. The monoisotopic (exact) mass is 309 g/mol. The predicted octanol–water partition coefficient (Wildman–Crippen LogP) is 2.69. The van der Waals surface area contributed by atoms with E-state index in [4.69, 9.17) is 0 Å². The average molecular weight is 309 g/mol. The summed E-state index contributed by atoms with van der Waals surface area (Å²) >= 11 is 0. The number of hydrogen-bond donors (Lipinski definition) is 2. The van der Waals surface area contributed by atoms with Gasteiger partial charge in [0.1, 0.15) is 5.82 Å². The number of H-pyrrole nitrogens is 1. The molecule has 118 valence electrons. The number of carbonyl (C=O) groups is 1. The molecule has 0 spiro atoms. The van der Waals surface area contributed by atoms with Crippen LogP contribution in [0, 0.1) is 6.92 Å². The number of amides is 1. The average Bonchev–Trinajstić information content (AvgIpc) is 3.19. The van der Waals surface area contributed by atoms with Gasteiger partial charge < -0.3 is 10.3 Å². The Bertz CT molecular complexity index is 804. The summed E-state index contributed by atoms with van der Waals surface area (Å²) < 4.78 is 1.81. The third kappa shape index (κ3) is 3.48. The fourth-order valence-corrected chi connectivity index (χ4v) is 2.45. The van der Waals surface area contributed by atoms with Gasteiger partial charge in [-0.15, -0.1) is 0 Å². The Labute approximate surface area is 134 Å². The van der Waals surface area contributed by atoms with Gasteiger partial charge in [-0.3, -0.25) is 9.48 Å². The van der Waals surface area contributed by atoms with Crippen LogP contribution in [0.2, 0.25) is 0 Å². The number of aromatic amines is 1. The van der Waals surface area contributed by atoms with Crippen molar-refractivity contribution in [1.82, 2.24) is 19.7 Å². The molecular formula is C17H19N5O. The molecule has 0 bridgehead atoms. The minimum absolute atomic E-state index is 0.0216. The van der Waals surface area contributed by atoms with E-state index in [0.717, 1.165) is 28.3 Å². The molecule has 1 amide bonds. The van der Waals surface area contributed by atoms with Gasteiger partial charge in [0.05, 0.1) is 5.69 Å². The summed E-state index contributed by atoms with van der Waals surface area (Å²) in [6.07, 6.45) is 6.20. The van der Waals surface area contributed by atoms with Crippen LogP contribution in [0.3, 0.4) is 0 Å². The summed E-state index contributed by atoms with van der Waals surface area (Å²) in [7, 11) is 1.90. The Morgan fingerprint density at radius 1 is 1.30 bits per heavy atom. The standard InChI is InChI=1S/C17H19N5O/c1-12-3-4-13(15-7-8-20-22(15)2)11-14(12)21-17(23)6-5-16-18-9-10-19-16/h3-4,7-11H,5-6H2,1-2H3,(H,18,19)(H,21,23). The first-order valence-electron chi connectivity index (χ1n) is 7.50. The van der Waals surface area contributed by atoms with Crippen molar-refractivity contribution in [3.8, 4) is 11.3 Å². The van der Waals surface area contributed by atoms with Gasteiger partial charge in [0.2, 0.25) is 5.91 Å². The van der Waals surface area contributed by atoms with Crippen molar-refractivity contribution in [1.29, 1.82) is 0 Å². The Balaban J connectivity index is 1.72. The van der Waals surface area contributed by atoms with Crippen LogP contribution >= 0.6 is 0 Å². The van der Waals surface area contributed by atoms with Crippen molar-refractivity contribution in [2.45, 2.75) is 19.8 Å². The summed E-state index contributed by atoms with van der Waals surface area (Å²) in [5.74, 6) is 0.798. The number of anilines is 1. The molecule has 2 N–H and O–H groups in total. The summed E-state index contributed by atoms with van der Waals surface area (Å²) in [6.45, 7) is 1.98. The lowest BCUT2D eigenvalue weighted by atomic mass is 10.1. The molecule has 0 saturated heterocycles. The lowest BCUT2D eigenvalue weighted by Crippen LogP contribution is -2.13. The van der Waals surface area contributed by atoms with Gasteiger partial charge in [-0.25, -0.2) is 4.98 Å². The number of imidazole rings is 1. The topological polar surface area (TPSA) is 75.6 Å². The van der Waals surface area contributed by atoms with Gasteiger partial charge in [0.15, 0.2) is 0 Å². The van der Waals surface area contributed by atoms with E-state index in [0.29, 0.717) is 12.8 Å². The van der Waals surface area contributed by atoms with E-state index in [-0.39, 0.29) is 5.91 Å². The van der Waals surface area contributed by atoms with Gasteiger partial charge in [-0.2, -0.15) is 5.10 Å². The van der Waals surface area contributed by atoms with Crippen LogP contribution in [0.4, 0.5) is 5.69 Å². The predicted molar refractivity (Wildman–Crippen MR) is 88.9 cm³/mol. The van der Waals surface area contributed by atoms with E-state index in [9.17, 15) is 4.79 Å². The second kappa shape index (κ2) is 6.48. The van der Waals surface area contributed by atoms with Crippen LogP contribution in [0.15, 0.2) is 42.9 Å². The van der Waals surface area contributed by atoms with Crippen LogP contribution in [0.1, 0.15) is 17.8 Å². The molecule has 23 heavy (non-hydrogen) atoms. The highest BCUT2D eigenvalue weighted by Gasteiger charge is 2.09. The molecule has 0 aliphatic carbocycles. The molecule has 0 fully saturated rings. The minimum Gasteiger partial charge on any atom is -0.349 e. The lowest BCUT2D eigenvalue weighted by molar-refractivity contribution is -0.116. The first-order chi connectivity index (χ1) is 11.1. The maximum atomic E-state index is 12.2. The first kappa shape index (κ1) is 15.0. The fourth-order valence-electron chi connectivity index (χ4n) is 2.45. The molecule has 0 atom stereocenters. The van der Waals surface area contributed by atoms with Gasteiger partial charge >= 0.3 is 0 Å². The van der Waals surface area contributed by atoms with Crippen molar-refractivity contribution in [3.63, 3.8) is 0 Å². The zero-order chi connectivity index (χ0) is 16.2. The SMILES string of the molecule is Cc1ccc(-c2ccnn2C)cc1NC(=O)CCc1ncc[nH]1. The zero-order valence-electron chi connectivity index (χ0n) is 13.2. The normalized spacial score (nSPS) is 10.7. The van der Waals surface area contributed by atoms with E-state index in [1.165, 1.54) is 0 Å². The van der Waals surface area contributed by atoms with Crippen LogP contribution in [-0.4, -0.2) is 25.7 Å². The van der Waals surface area contributed by atoms with Gasteiger partial charge in [-0.05, 0) is 24.6 Å². The molecule has 3 rings (SSSR count). The van der Waals surface area contributed by atoms with Crippen molar-refractivity contribution >= 4 is 11.6 Å². The molecule has 0 saturated carbocycles. The number of carbonyl (C=O) groups excluding carboxylic acids is 1. The molecule has 0 aliphatic heterocycles. The Morgan fingerprint density at radius 3 is 2.87 bits per heavy atom. The quantitative estimate of drug-likeness (QED) is 0.761. The molecule has 2 heterocycles. The van der Waals surface area contributed by atoms with E-state index in [1.54, 1.807) is 18.6 Å². The second-order valence-corrected chi connectivity index (χ2v) is 5.45. The maximum absolute atomic E-state index is 12.2. The van der Waals surface area contributed by atoms with E-state index < -0.39 is 0 Å². The summed E-state index contributed by atoms with van der Waals surface area (Å²) in [5.41, 5.74) is 3.89. The highest BCUT2D eigenvalue weighted by Crippen LogP contribution is 2.25. The van der Waals surface area contributed by atoms with Crippen LogP contribution in [0.5, 0.6) is 0 Å². The minimum atomic E-state index is -0.0216. The summed E-state index contributed by atoms with van der Waals surface area (Å²) in [4.78, 5) is 19.3. The van der Waals surface area contributed by atoms with E-state index >= 15 is 0 Å². The molecular weight excluding hydrogens is 290 g/mol. The molecule has 1 aromatic carbocycles. The highest BCUT2D eigenvalue weighted by molar-refractivity contribution is 5.92. The van der Waals surface area contributed by atoms with Crippen molar-refractivity contribution < 1.29 is 4.79 Å². The largest absolute Gasteiger partial charge is 0.349 e. The molecule has 6 nitrogen and oxygen atoms in total. The van der Waals surface area contributed by atoms with Gasteiger partial charge in [0.25, 0.3) is 0 Å². The second-order valence-electron chi connectivity index (χ2n) is 5.45. The molecule has 0 radical (unpaired) electrons. The Morgan fingerprint density at radius 2 is 2.17 bits per heavy atom. The van der Waals surface area contributed by atoms with Crippen LogP contribution < -0.4 is 5.32 Å². The van der Waals surface area contributed by atoms with Crippen molar-refractivity contribution in [2.75, 3.05) is 5.32 Å². The van der Waals surface area contributed by atoms with Crippen LogP contribution in [0.25, 0.3) is 11.3 Å². The molecule has 0 aliphatic rings. The zero-order valence-corrected chi connectivity index (χ0v) is 13.2. The van der Waals surface area contributed by atoms with Crippen molar-refractivity contribution in [3.05, 3.63) is 54.2 Å². The van der Waals surface area contributed by atoms with Gasteiger partial charge in [0, 0.05) is 49.7 Å². The van der Waals surface area contributed by atoms with E-state index in [1.807, 2.05) is 42.9 Å². The number of rotatable bonds is 5. The first-order valence-corrected chi connectivity index (χ1v) is 7.50. The van der Waals surface area contributed by atoms with Gasteiger partial charge in [-0.1, -0.05) is 12.1 Å². The van der Waals surface area contributed by atoms with Crippen molar-refractivity contribution in [2.24, 2.45) is 7.05 Å². The fraction of sp³-hybridized carbons (Fsp3) is 0.235. The third-order valence-corrected chi connectivity index (χ3v) is 3.77. The number of aryl methyl sites for hydroxylation is 3. The number of nitrogens with one attached hydrogen (secondary N) is 2. The Kier molecular flexibility index (Phi) is 4.23. The number of nitrogens with zero attached hydrogens (tertiary/aromatic N) is 3. The smallest absolute Gasteiger partial charge is 0.224 e. The Hall–Kier alpha value is -2.89. The molecule has 6 heteroatoms. The highest BCUT2D eigenvalue weighted by atomic mass is 16.1. The van der Waals surface area contributed by atoms with E-state index in [2.05, 4.69) is 20.4 Å². The summed E-state index contributed by atoms with van der Waals surface area (Å²) in [5, 5.41) is 7.17. The molecule has 3 aromatic rings. The molecule has 2 aromatic heterocycles. The third-order valence-electron chi connectivity index (χ3n) is 3.77. The number of benzene rings is 1. The van der Waals surface area contributed by atoms with Crippen LogP contribution in [-0.2, 0) is 18.3 Å². The summed E-state index contributed by atoms with van der Waals surface area (Å²) in [6, 6.07) is 7.97.